The summed E-state index contributed by atoms with van der Waals surface area (Å²) in [4.78, 5) is 0. The summed E-state index contributed by atoms with van der Waals surface area (Å²) in [6.45, 7) is 5.09. The topological polar surface area (TPSA) is 44.3 Å². The van der Waals surface area contributed by atoms with Gasteiger partial charge in [-0.2, -0.15) is 0 Å². The molecule has 66 valence electrons. The molecule has 0 spiro atoms. The Bertz CT molecular complexity index is 102. The van der Waals surface area contributed by atoms with Crippen molar-refractivity contribution in [1.82, 2.24) is 10.6 Å². The van der Waals surface area contributed by atoms with E-state index in [0.717, 1.165) is 32.5 Å². The number of hydrogen-bond donors (Lipinski definition) is 3. The fourth-order valence-electron chi connectivity index (χ4n) is 1.14. The number of nitrogens with one attached hydrogen (secondary N) is 2. The van der Waals surface area contributed by atoms with Gasteiger partial charge in [0.1, 0.15) is 0 Å². The Morgan fingerprint density at radius 3 is 2.82 bits per heavy atom. The van der Waals surface area contributed by atoms with E-state index in [-0.39, 0.29) is 6.10 Å². The van der Waals surface area contributed by atoms with E-state index in [1.807, 2.05) is 6.92 Å². The summed E-state index contributed by atoms with van der Waals surface area (Å²) in [6.07, 6.45) is 1.85. The summed E-state index contributed by atoms with van der Waals surface area (Å²) < 4.78 is 0. The molecule has 0 radical (unpaired) electrons. The first-order chi connectivity index (χ1) is 5.29. The zero-order valence-corrected chi connectivity index (χ0v) is 7.14. The minimum absolute atomic E-state index is 0.142. The Morgan fingerprint density at radius 1 is 1.64 bits per heavy atom. The minimum atomic E-state index is -0.142. The van der Waals surface area contributed by atoms with Gasteiger partial charge in [-0.3, -0.25) is 0 Å². The SMILES string of the molecule is CC(O)CCCNC1CNC1. The largest absolute Gasteiger partial charge is 0.393 e. The molecule has 1 heterocycles. The van der Waals surface area contributed by atoms with E-state index in [2.05, 4.69) is 10.6 Å². The fraction of sp³-hybridized carbons (Fsp3) is 1.00. The minimum Gasteiger partial charge on any atom is -0.393 e. The summed E-state index contributed by atoms with van der Waals surface area (Å²) >= 11 is 0. The zero-order chi connectivity index (χ0) is 8.10. The molecule has 0 aromatic carbocycles. The molecule has 0 aliphatic carbocycles. The van der Waals surface area contributed by atoms with E-state index in [9.17, 15) is 0 Å². The molecule has 0 aromatic heterocycles. The van der Waals surface area contributed by atoms with Crippen LogP contribution in [0.1, 0.15) is 19.8 Å². The normalized spacial score (nSPS) is 21.3. The van der Waals surface area contributed by atoms with Gasteiger partial charge in [0.2, 0.25) is 0 Å². The third-order valence-corrected chi connectivity index (χ3v) is 2.01. The standard InChI is InChI=1S/C8H18N2O/c1-7(11)3-2-4-10-8-5-9-6-8/h7-11H,2-6H2,1H3. The van der Waals surface area contributed by atoms with Gasteiger partial charge in [-0.05, 0) is 26.3 Å². The summed E-state index contributed by atoms with van der Waals surface area (Å²) in [5, 5.41) is 15.5. The van der Waals surface area contributed by atoms with E-state index in [1.54, 1.807) is 0 Å². The zero-order valence-electron chi connectivity index (χ0n) is 7.14. The molecule has 3 heteroatoms. The van der Waals surface area contributed by atoms with Gasteiger partial charge in [0, 0.05) is 19.1 Å². The maximum Gasteiger partial charge on any atom is 0.0512 e. The highest BCUT2D eigenvalue weighted by molar-refractivity contribution is 4.80. The number of hydrogen-bond acceptors (Lipinski definition) is 3. The maximum absolute atomic E-state index is 8.95. The highest BCUT2D eigenvalue weighted by Gasteiger charge is 2.14. The van der Waals surface area contributed by atoms with Crippen LogP contribution in [0.15, 0.2) is 0 Å². The van der Waals surface area contributed by atoms with Crippen molar-refractivity contribution >= 4 is 0 Å². The monoisotopic (exact) mass is 158 g/mol. The van der Waals surface area contributed by atoms with Gasteiger partial charge >= 0.3 is 0 Å². The predicted molar refractivity (Wildman–Crippen MR) is 45.6 cm³/mol. The second-order valence-electron chi connectivity index (χ2n) is 3.30. The lowest BCUT2D eigenvalue weighted by Crippen LogP contribution is -2.55. The summed E-state index contributed by atoms with van der Waals surface area (Å²) in [5.41, 5.74) is 0. The molecule has 0 bridgehead atoms. The molecule has 11 heavy (non-hydrogen) atoms. The highest BCUT2D eigenvalue weighted by Crippen LogP contribution is 1.95. The van der Waals surface area contributed by atoms with Gasteiger partial charge in [0.25, 0.3) is 0 Å². The van der Waals surface area contributed by atoms with E-state index in [1.165, 1.54) is 0 Å². The second-order valence-corrected chi connectivity index (χ2v) is 3.30. The van der Waals surface area contributed by atoms with Crippen LogP contribution in [0.3, 0.4) is 0 Å². The summed E-state index contributed by atoms with van der Waals surface area (Å²) in [7, 11) is 0. The van der Waals surface area contributed by atoms with Crippen molar-refractivity contribution < 1.29 is 5.11 Å². The molecular formula is C8H18N2O. The first-order valence-electron chi connectivity index (χ1n) is 4.41. The summed E-state index contributed by atoms with van der Waals surface area (Å²) in [6, 6.07) is 0.684. The van der Waals surface area contributed by atoms with E-state index >= 15 is 0 Å². The van der Waals surface area contributed by atoms with Gasteiger partial charge in [-0.15, -0.1) is 0 Å². The van der Waals surface area contributed by atoms with Crippen LogP contribution in [0.5, 0.6) is 0 Å². The fourth-order valence-corrected chi connectivity index (χ4v) is 1.14. The lowest BCUT2D eigenvalue weighted by Gasteiger charge is -2.28. The number of rotatable bonds is 5. The average molecular weight is 158 g/mol. The lowest BCUT2D eigenvalue weighted by molar-refractivity contribution is 0.180. The van der Waals surface area contributed by atoms with Crippen molar-refractivity contribution in [2.75, 3.05) is 19.6 Å². The first-order valence-corrected chi connectivity index (χ1v) is 4.41. The van der Waals surface area contributed by atoms with Gasteiger partial charge in [-0.1, -0.05) is 0 Å². The van der Waals surface area contributed by atoms with Crippen molar-refractivity contribution in [2.45, 2.75) is 31.9 Å². The molecule has 1 aliphatic heterocycles. The Balaban J connectivity index is 1.80. The van der Waals surface area contributed by atoms with Crippen molar-refractivity contribution in [3.05, 3.63) is 0 Å². The van der Waals surface area contributed by atoms with Crippen molar-refractivity contribution in [3.8, 4) is 0 Å². The first kappa shape index (κ1) is 8.97. The Labute approximate surface area is 68.2 Å². The molecule has 1 rings (SSSR count). The number of aliphatic hydroxyl groups is 1. The molecule has 0 aromatic rings. The Kier molecular flexibility index (Phi) is 3.83. The molecule has 3 nitrogen and oxygen atoms in total. The van der Waals surface area contributed by atoms with Crippen LogP contribution in [0.25, 0.3) is 0 Å². The van der Waals surface area contributed by atoms with Crippen LogP contribution in [-0.2, 0) is 0 Å². The van der Waals surface area contributed by atoms with E-state index in [4.69, 9.17) is 5.11 Å². The smallest absolute Gasteiger partial charge is 0.0512 e. The van der Waals surface area contributed by atoms with Crippen LogP contribution >= 0.6 is 0 Å². The van der Waals surface area contributed by atoms with Crippen LogP contribution in [-0.4, -0.2) is 36.9 Å². The predicted octanol–water partition coefficient (Wildman–Crippen LogP) is -0.291. The Hall–Kier alpha value is -0.120. The lowest BCUT2D eigenvalue weighted by atomic mass is 10.1. The van der Waals surface area contributed by atoms with Gasteiger partial charge in [0.05, 0.1) is 6.10 Å². The molecule has 1 fully saturated rings. The third-order valence-electron chi connectivity index (χ3n) is 2.01. The van der Waals surface area contributed by atoms with Crippen LogP contribution in [0, 0.1) is 0 Å². The maximum atomic E-state index is 8.95. The quantitative estimate of drug-likeness (QED) is 0.482. The number of aliphatic hydroxyl groups excluding tert-OH is 1. The molecule has 1 saturated heterocycles. The van der Waals surface area contributed by atoms with Crippen LogP contribution < -0.4 is 10.6 Å². The molecule has 1 atom stereocenters. The molecule has 0 saturated carbocycles. The van der Waals surface area contributed by atoms with Gasteiger partial charge in [-0.25, -0.2) is 0 Å². The molecule has 1 aliphatic rings. The highest BCUT2D eigenvalue weighted by atomic mass is 16.3. The van der Waals surface area contributed by atoms with Gasteiger partial charge in [0.15, 0.2) is 0 Å². The molecule has 0 amide bonds. The molecule has 1 unspecified atom stereocenters. The van der Waals surface area contributed by atoms with Gasteiger partial charge < -0.3 is 15.7 Å². The second kappa shape index (κ2) is 4.70. The van der Waals surface area contributed by atoms with Crippen LogP contribution in [0.4, 0.5) is 0 Å². The molecule has 3 N–H and O–H groups in total. The third kappa shape index (κ3) is 3.70. The van der Waals surface area contributed by atoms with Crippen molar-refractivity contribution in [2.24, 2.45) is 0 Å². The average Bonchev–Trinajstić information content (AvgIpc) is 1.82. The van der Waals surface area contributed by atoms with Crippen molar-refractivity contribution in [1.29, 1.82) is 0 Å². The van der Waals surface area contributed by atoms with E-state index in [0.29, 0.717) is 6.04 Å². The van der Waals surface area contributed by atoms with Crippen molar-refractivity contribution in [3.63, 3.8) is 0 Å². The Morgan fingerprint density at radius 2 is 2.36 bits per heavy atom. The molecular weight excluding hydrogens is 140 g/mol. The summed E-state index contributed by atoms with van der Waals surface area (Å²) in [5.74, 6) is 0. The van der Waals surface area contributed by atoms with E-state index < -0.39 is 0 Å². The van der Waals surface area contributed by atoms with Crippen LogP contribution in [0.2, 0.25) is 0 Å².